The van der Waals surface area contributed by atoms with Gasteiger partial charge in [-0.15, -0.1) is 10.2 Å². The van der Waals surface area contributed by atoms with Crippen molar-refractivity contribution in [3.05, 3.63) is 70.0 Å². The van der Waals surface area contributed by atoms with Crippen molar-refractivity contribution in [3.8, 4) is 5.75 Å². The molecular formula is C20H22ClN3OS. The summed E-state index contributed by atoms with van der Waals surface area (Å²) in [6.07, 6.45) is 0. The van der Waals surface area contributed by atoms with E-state index in [2.05, 4.69) is 47.7 Å². The van der Waals surface area contributed by atoms with Crippen LogP contribution in [0.25, 0.3) is 0 Å². The Morgan fingerprint density at radius 3 is 2.69 bits per heavy atom. The third-order valence-electron chi connectivity index (χ3n) is 4.28. The first-order chi connectivity index (χ1) is 12.6. The summed E-state index contributed by atoms with van der Waals surface area (Å²) in [5, 5.41) is 10.3. The summed E-state index contributed by atoms with van der Waals surface area (Å²) in [6.45, 7) is 7.45. The molecule has 3 aromatic rings. The first kappa shape index (κ1) is 18.8. The van der Waals surface area contributed by atoms with E-state index in [1.54, 1.807) is 11.8 Å². The highest BCUT2D eigenvalue weighted by Gasteiger charge is 2.13. The molecule has 0 spiro atoms. The van der Waals surface area contributed by atoms with E-state index in [1.807, 2.05) is 30.3 Å². The number of halogens is 1. The van der Waals surface area contributed by atoms with Crippen LogP contribution in [-0.4, -0.2) is 14.8 Å². The molecule has 26 heavy (non-hydrogen) atoms. The molecule has 0 aliphatic carbocycles. The molecule has 3 rings (SSSR count). The zero-order valence-corrected chi connectivity index (χ0v) is 16.8. The number of aromatic nitrogens is 3. The van der Waals surface area contributed by atoms with Gasteiger partial charge in [0.15, 0.2) is 11.0 Å². The van der Waals surface area contributed by atoms with E-state index >= 15 is 0 Å². The zero-order valence-electron chi connectivity index (χ0n) is 15.2. The lowest BCUT2D eigenvalue weighted by Gasteiger charge is -2.11. The second-order valence-corrected chi connectivity index (χ2v) is 7.43. The van der Waals surface area contributed by atoms with Crippen LogP contribution >= 0.6 is 23.4 Å². The quantitative estimate of drug-likeness (QED) is 0.506. The minimum absolute atomic E-state index is 0.406. The largest absolute Gasteiger partial charge is 0.485 e. The molecule has 0 fully saturated rings. The molecule has 136 valence electrons. The number of nitrogens with zero attached hydrogens (tertiary/aromatic N) is 3. The van der Waals surface area contributed by atoms with Crippen LogP contribution in [0.2, 0.25) is 5.02 Å². The molecule has 0 bridgehead atoms. The lowest BCUT2D eigenvalue weighted by molar-refractivity contribution is 0.286. The van der Waals surface area contributed by atoms with Gasteiger partial charge in [-0.1, -0.05) is 47.6 Å². The SMILES string of the molecule is CCn1c(COc2cccc(C)c2C)nnc1SCc1cccc(Cl)c1. The van der Waals surface area contributed by atoms with Crippen molar-refractivity contribution < 1.29 is 4.74 Å². The summed E-state index contributed by atoms with van der Waals surface area (Å²) >= 11 is 7.71. The maximum absolute atomic E-state index is 6.05. The third-order valence-corrected chi connectivity index (χ3v) is 5.55. The summed E-state index contributed by atoms with van der Waals surface area (Å²) < 4.78 is 8.09. The predicted molar refractivity (Wildman–Crippen MR) is 107 cm³/mol. The van der Waals surface area contributed by atoms with Crippen molar-refractivity contribution in [2.24, 2.45) is 0 Å². The van der Waals surface area contributed by atoms with Gasteiger partial charge in [0.05, 0.1) is 0 Å². The van der Waals surface area contributed by atoms with Gasteiger partial charge in [-0.25, -0.2) is 0 Å². The highest BCUT2D eigenvalue weighted by atomic mass is 35.5. The second-order valence-electron chi connectivity index (χ2n) is 6.05. The van der Waals surface area contributed by atoms with Gasteiger partial charge in [0.25, 0.3) is 0 Å². The molecule has 1 heterocycles. The fourth-order valence-corrected chi connectivity index (χ4v) is 3.82. The first-order valence-corrected chi connectivity index (χ1v) is 9.93. The maximum atomic E-state index is 6.05. The summed E-state index contributed by atoms with van der Waals surface area (Å²) in [5.74, 6) is 2.53. The number of thioether (sulfide) groups is 1. The minimum Gasteiger partial charge on any atom is -0.485 e. The van der Waals surface area contributed by atoms with Crippen molar-refractivity contribution in [3.63, 3.8) is 0 Å². The van der Waals surface area contributed by atoms with Crippen LogP contribution in [0.3, 0.4) is 0 Å². The Bertz CT molecular complexity index is 895. The monoisotopic (exact) mass is 387 g/mol. The van der Waals surface area contributed by atoms with Crippen molar-refractivity contribution >= 4 is 23.4 Å². The lowest BCUT2D eigenvalue weighted by atomic mass is 10.1. The first-order valence-electron chi connectivity index (χ1n) is 8.56. The highest BCUT2D eigenvalue weighted by Crippen LogP contribution is 2.25. The molecule has 0 aliphatic rings. The summed E-state index contributed by atoms with van der Waals surface area (Å²) in [5.41, 5.74) is 3.55. The van der Waals surface area contributed by atoms with E-state index in [9.17, 15) is 0 Å². The molecule has 0 unspecified atom stereocenters. The number of hydrogen-bond acceptors (Lipinski definition) is 4. The van der Waals surface area contributed by atoms with Crippen LogP contribution in [0.5, 0.6) is 5.75 Å². The molecule has 1 aromatic heterocycles. The molecule has 2 aromatic carbocycles. The number of rotatable bonds is 7. The summed E-state index contributed by atoms with van der Waals surface area (Å²) in [4.78, 5) is 0. The lowest BCUT2D eigenvalue weighted by Crippen LogP contribution is -2.07. The Balaban J connectivity index is 1.68. The van der Waals surface area contributed by atoms with Gasteiger partial charge in [0.1, 0.15) is 12.4 Å². The molecule has 0 saturated carbocycles. The van der Waals surface area contributed by atoms with Crippen LogP contribution in [-0.2, 0) is 18.9 Å². The Labute approximate surface area is 163 Å². The third kappa shape index (κ3) is 4.40. The maximum Gasteiger partial charge on any atom is 0.191 e. The van der Waals surface area contributed by atoms with Crippen molar-refractivity contribution in [2.75, 3.05) is 0 Å². The molecule has 0 aliphatic heterocycles. The molecule has 6 heteroatoms. The van der Waals surface area contributed by atoms with Crippen LogP contribution in [0.4, 0.5) is 0 Å². The fourth-order valence-electron chi connectivity index (χ4n) is 2.65. The second kappa shape index (κ2) is 8.60. The van der Waals surface area contributed by atoms with Crippen LogP contribution in [0.1, 0.15) is 29.4 Å². The van der Waals surface area contributed by atoms with Crippen LogP contribution in [0, 0.1) is 13.8 Å². The van der Waals surface area contributed by atoms with E-state index in [1.165, 1.54) is 11.1 Å². The van der Waals surface area contributed by atoms with Gasteiger partial charge in [0, 0.05) is 17.3 Å². The Hall–Kier alpha value is -1.98. The Morgan fingerprint density at radius 2 is 1.92 bits per heavy atom. The van der Waals surface area contributed by atoms with E-state index in [-0.39, 0.29) is 0 Å². The number of hydrogen-bond donors (Lipinski definition) is 0. The Morgan fingerprint density at radius 1 is 1.12 bits per heavy atom. The van der Waals surface area contributed by atoms with Gasteiger partial charge < -0.3 is 9.30 Å². The molecule has 0 radical (unpaired) electrons. The van der Waals surface area contributed by atoms with E-state index < -0.39 is 0 Å². The number of benzene rings is 2. The molecule has 0 atom stereocenters. The molecule has 0 N–H and O–H groups in total. The number of ether oxygens (including phenoxy) is 1. The standard InChI is InChI=1S/C20H22ClN3OS/c1-4-24-19(12-25-18-10-5-7-14(2)15(18)3)22-23-20(24)26-13-16-8-6-9-17(21)11-16/h5-11H,4,12-13H2,1-3H3. The summed E-state index contributed by atoms with van der Waals surface area (Å²) in [6, 6.07) is 14.0. The summed E-state index contributed by atoms with van der Waals surface area (Å²) in [7, 11) is 0. The predicted octanol–water partition coefficient (Wildman–Crippen LogP) is 5.44. The average Bonchev–Trinajstić information content (AvgIpc) is 3.03. The normalized spacial score (nSPS) is 10.9. The topological polar surface area (TPSA) is 39.9 Å². The minimum atomic E-state index is 0.406. The molecular weight excluding hydrogens is 366 g/mol. The molecule has 0 saturated heterocycles. The van der Waals surface area contributed by atoms with Gasteiger partial charge in [-0.2, -0.15) is 0 Å². The average molecular weight is 388 g/mol. The number of aryl methyl sites for hydroxylation is 1. The van der Waals surface area contributed by atoms with E-state index in [4.69, 9.17) is 16.3 Å². The van der Waals surface area contributed by atoms with Crippen LogP contribution < -0.4 is 4.74 Å². The smallest absolute Gasteiger partial charge is 0.191 e. The Kier molecular flexibility index (Phi) is 6.22. The highest BCUT2D eigenvalue weighted by molar-refractivity contribution is 7.98. The fraction of sp³-hybridized carbons (Fsp3) is 0.300. The van der Waals surface area contributed by atoms with Gasteiger partial charge in [-0.05, 0) is 55.7 Å². The van der Waals surface area contributed by atoms with Crippen molar-refractivity contribution in [1.82, 2.24) is 14.8 Å². The van der Waals surface area contributed by atoms with E-state index in [0.29, 0.717) is 6.61 Å². The van der Waals surface area contributed by atoms with Gasteiger partial charge in [0.2, 0.25) is 0 Å². The van der Waals surface area contributed by atoms with Crippen LogP contribution in [0.15, 0.2) is 47.6 Å². The zero-order chi connectivity index (χ0) is 18.5. The van der Waals surface area contributed by atoms with Gasteiger partial charge >= 0.3 is 0 Å². The van der Waals surface area contributed by atoms with Gasteiger partial charge in [-0.3, -0.25) is 0 Å². The van der Waals surface area contributed by atoms with Crippen molar-refractivity contribution in [1.29, 1.82) is 0 Å². The van der Waals surface area contributed by atoms with E-state index in [0.717, 1.165) is 39.6 Å². The molecule has 4 nitrogen and oxygen atoms in total. The molecule has 0 amide bonds. The van der Waals surface area contributed by atoms with Crippen molar-refractivity contribution in [2.45, 2.75) is 44.8 Å².